The summed E-state index contributed by atoms with van der Waals surface area (Å²) in [5.41, 5.74) is 0. The van der Waals surface area contributed by atoms with E-state index < -0.39 is 32.1 Å². The van der Waals surface area contributed by atoms with Gasteiger partial charge < -0.3 is 4.52 Å². The average Bonchev–Trinajstić information content (AvgIpc) is 2.88. The molecule has 0 aromatic heterocycles. The van der Waals surface area contributed by atoms with Crippen molar-refractivity contribution in [2.24, 2.45) is 0 Å². The molecule has 172 valence electrons. The van der Waals surface area contributed by atoms with Crippen LogP contribution in [0.2, 0.25) is 0 Å². The molecule has 34 heavy (non-hydrogen) atoms. The van der Waals surface area contributed by atoms with Gasteiger partial charge in [-0.1, -0.05) is 97.1 Å². The van der Waals surface area contributed by atoms with Gasteiger partial charge in [-0.3, -0.25) is 0 Å². The van der Waals surface area contributed by atoms with E-state index in [9.17, 15) is 16.8 Å². The van der Waals surface area contributed by atoms with E-state index in [1.807, 2.05) is 60.7 Å². The summed E-state index contributed by atoms with van der Waals surface area (Å²) >= 11 is 0. The minimum atomic E-state index is -4.41. The Morgan fingerprint density at radius 2 is 0.853 bits per heavy atom. The molecule has 0 saturated heterocycles. The van der Waals surface area contributed by atoms with Gasteiger partial charge in [-0.25, -0.2) is 16.8 Å². The summed E-state index contributed by atoms with van der Waals surface area (Å²) in [5, 5.41) is 1.63. The summed E-state index contributed by atoms with van der Waals surface area (Å²) < 4.78 is 59.3. The highest BCUT2D eigenvalue weighted by Gasteiger charge is 2.35. The van der Waals surface area contributed by atoms with E-state index in [0.717, 1.165) is 16.9 Å². The van der Waals surface area contributed by atoms with Gasteiger partial charge in [0.05, 0.1) is 9.79 Å². The van der Waals surface area contributed by atoms with Gasteiger partial charge in [-0.05, 0) is 24.3 Å². The van der Waals surface area contributed by atoms with Gasteiger partial charge in [0.15, 0.2) is 0 Å². The van der Waals surface area contributed by atoms with Crippen molar-refractivity contribution in [3.05, 3.63) is 132 Å². The molecule has 8 heteroatoms. The Kier molecular flexibility index (Phi) is 7.27. The zero-order valence-electron chi connectivity index (χ0n) is 17.9. The molecule has 0 bridgehead atoms. The molecule has 0 heterocycles. The first-order chi connectivity index (χ1) is 16.4. The quantitative estimate of drug-likeness (QED) is 0.253. The smallest absolute Gasteiger partial charge is 0.221 e. The van der Waals surface area contributed by atoms with Gasteiger partial charge in [-0.2, -0.15) is 0 Å². The molecule has 0 fully saturated rings. The first-order valence-electron chi connectivity index (χ1n) is 10.3. The first kappa shape index (κ1) is 23.9. The lowest BCUT2D eigenvalue weighted by molar-refractivity contribution is 0.543. The molecule has 5 nitrogen and oxygen atoms in total. The summed E-state index contributed by atoms with van der Waals surface area (Å²) in [6.07, 6.45) is 0.885. The van der Waals surface area contributed by atoms with E-state index in [-0.39, 0.29) is 9.79 Å². The Morgan fingerprint density at radius 3 is 1.21 bits per heavy atom. The van der Waals surface area contributed by atoms with Crippen LogP contribution in [0.3, 0.4) is 0 Å². The fourth-order valence-electron chi connectivity index (χ4n) is 3.20. The van der Waals surface area contributed by atoms with Crippen molar-refractivity contribution in [3.8, 4) is 0 Å². The van der Waals surface area contributed by atoms with Gasteiger partial charge in [0, 0.05) is 10.6 Å². The highest BCUT2D eigenvalue weighted by atomic mass is 32.3. The molecule has 0 radical (unpaired) electrons. The van der Waals surface area contributed by atoms with Crippen molar-refractivity contribution in [2.75, 3.05) is 0 Å². The lowest BCUT2D eigenvalue weighted by Gasteiger charge is -2.18. The molecule has 4 aromatic carbocycles. The van der Waals surface area contributed by atoms with Crippen LogP contribution in [0.5, 0.6) is 0 Å². The van der Waals surface area contributed by atoms with Crippen molar-refractivity contribution in [1.82, 2.24) is 0 Å². The molecule has 4 rings (SSSR count). The molecular formula is C26H21O5PS2. The van der Waals surface area contributed by atoms with Crippen LogP contribution in [0.25, 0.3) is 0 Å². The van der Waals surface area contributed by atoms with Gasteiger partial charge in [0.2, 0.25) is 23.9 Å². The molecule has 0 spiro atoms. The predicted molar refractivity (Wildman–Crippen MR) is 135 cm³/mol. The summed E-state index contributed by atoms with van der Waals surface area (Å²) in [5.74, 6) is 0. The summed E-state index contributed by atoms with van der Waals surface area (Å²) in [4.78, 5) is -0.263. The Morgan fingerprint density at radius 1 is 0.529 bits per heavy atom. The van der Waals surface area contributed by atoms with Crippen LogP contribution >= 0.6 is 8.15 Å². The minimum absolute atomic E-state index is 0.131. The standard InChI is InChI=1S/C26H21O5PS2/c27-33(28,24-17-9-3-10-18-24)26(34(29,30)25-19-11-4-12-20-25)21-31-32(22-13-5-1-6-14-22)23-15-7-2-8-16-23/h1-21H. The van der Waals surface area contributed by atoms with Crippen LogP contribution in [-0.4, -0.2) is 16.8 Å². The Bertz CT molecular complexity index is 1360. The normalized spacial score (nSPS) is 11.7. The monoisotopic (exact) mass is 508 g/mol. The largest absolute Gasteiger partial charge is 0.470 e. The zero-order valence-corrected chi connectivity index (χ0v) is 20.5. The van der Waals surface area contributed by atoms with Crippen LogP contribution < -0.4 is 10.6 Å². The van der Waals surface area contributed by atoms with E-state index >= 15 is 0 Å². The van der Waals surface area contributed by atoms with Gasteiger partial charge in [-0.15, -0.1) is 0 Å². The fraction of sp³-hybridized carbons (Fsp3) is 0. The summed E-state index contributed by atoms with van der Waals surface area (Å²) in [7, 11) is -10.3. The zero-order chi connectivity index (χ0) is 24.0. The SMILES string of the molecule is O=S(=O)(C(=COP(c1ccccc1)c1ccccc1)S(=O)(=O)c1ccccc1)c1ccccc1. The van der Waals surface area contributed by atoms with E-state index in [1.54, 1.807) is 36.4 Å². The fourth-order valence-corrected chi connectivity index (χ4v) is 8.55. The number of sulfone groups is 2. The lowest BCUT2D eigenvalue weighted by atomic mass is 10.4. The minimum Gasteiger partial charge on any atom is -0.470 e. The maximum absolute atomic E-state index is 13.5. The van der Waals surface area contributed by atoms with Crippen LogP contribution in [0.4, 0.5) is 0 Å². The lowest BCUT2D eigenvalue weighted by Crippen LogP contribution is -2.17. The molecule has 0 aliphatic heterocycles. The third kappa shape index (κ3) is 5.12. The maximum atomic E-state index is 13.5. The second kappa shape index (κ2) is 10.3. The molecule has 0 aliphatic rings. The van der Waals surface area contributed by atoms with E-state index in [1.165, 1.54) is 24.3 Å². The molecule has 0 atom stereocenters. The van der Waals surface area contributed by atoms with E-state index in [4.69, 9.17) is 4.52 Å². The Balaban J connectivity index is 1.87. The molecule has 0 amide bonds. The Labute approximate surface area is 201 Å². The van der Waals surface area contributed by atoms with Crippen molar-refractivity contribution in [1.29, 1.82) is 0 Å². The molecular weight excluding hydrogens is 487 g/mol. The highest BCUT2D eigenvalue weighted by Crippen LogP contribution is 2.38. The number of hydrogen-bond acceptors (Lipinski definition) is 5. The number of rotatable bonds is 8. The van der Waals surface area contributed by atoms with Crippen LogP contribution in [0.1, 0.15) is 0 Å². The highest BCUT2D eigenvalue weighted by molar-refractivity contribution is 8.14. The first-order valence-corrected chi connectivity index (χ1v) is 14.5. The van der Waals surface area contributed by atoms with Crippen molar-refractivity contribution in [3.63, 3.8) is 0 Å². The second-order valence-corrected chi connectivity index (χ2v) is 13.1. The van der Waals surface area contributed by atoms with E-state index in [0.29, 0.717) is 0 Å². The maximum Gasteiger partial charge on any atom is 0.221 e. The van der Waals surface area contributed by atoms with Crippen molar-refractivity contribution < 1.29 is 21.4 Å². The van der Waals surface area contributed by atoms with Crippen LogP contribution in [0, 0.1) is 0 Å². The molecule has 0 saturated carbocycles. The molecule has 0 unspecified atom stereocenters. The Hall–Kier alpha value is -3.25. The second-order valence-electron chi connectivity index (χ2n) is 7.14. The topological polar surface area (TPSA) is 77.5 Å². The van der Waals surface area contributed by atoms with Gasteiger partial charge in [0.25, 0.3) is 0 Å². The number of hydrogen-bond donors (Lipinski definition) is 0. The predicted octanol–water partition coefficient (Wildman–Crippen LogP) is 4.80. The molecule has 4 aromatic rings. The van der Waals surface area contributed by atoms with Crippen LogP contribution in [0.15, 0.2) is 142 Å². The van der Waals surface area contributed by atoms with E-state index in [2.05, 4.69) is 0 Å². The third-order valence-electron chi connectivity index (χ3n) is 4.87. The summed E-state index contributed by atoms with van der Waals surface area (Å²) in [6, 6.07) is 33.5. The van der Waals surface area contributed by atoms with Gasteiger partial charge in [0.1, 0.15) is 14.4 Å². The molecule has 0 aliphatic carbocycles. The van der Waals surface area contributed by atoms with Crippen LogP contribution in [-0.2, 0) is 24.2 Å². The summed E-state index contributed by atoms with van der Waals surface area (Å²) in [6.45, 7) is 0. The van der Waals surface area contributed by atoms with Gasteiger partial charge >= 0.3 is 0 Å². The molecule has 0 N–H and O–H groups in total. The number of benzene rings is 4. The van der Waals surface area contributed by atoms with Crippen molar-refractivity contribution in [2.45, 2.75) is 9.79 Å². The average molecular weight is 509 g/mol. The van der Waals surface area contributed by atoms with Crippen molar-refractivity contribution >= 4 is 38.4 Å². The third-order valence-corrected chi connectivity index (χ3v) is 11.1.